The molecular weight excluding hydrogens is 250 g/mol. The Morgan fingerprint density at radius 2 is 2.30 bits per heavy atom. The lowest BCUT2D eigenvalue weighted by molar-refractivity contribution is 0.0998. The maximum Gasteiger partial charge on any atom is 0.134 e. The number of aromatic nitrogens is 2. The zero-order valence-corrected chi connectivity index (χ0v) is 12.1. The Kier molecular flexibility index (Phi) is 3.23. The van der Waals surface area contributed by atoms with E-state index in [1.807, 2.05) is 7.05 Å². The van der Waals surface area contributed by atoms with Crippen LogP contribution in [-0.2, 0) is 17.6 Å². The van der Waals surface area contributed by atoms with Gasteiger partial charge in [0, 0.05) is 17.8 Å². The van der Waals surface area contributed by atoms with Crippen LogP contribution >= 0.6 is 0 Å². The topological polar surface area (TPSA) is 47.0 Å². The van der Waals surface area contributed by atoms with E-state index in [-0.39, 0.29) is 0 Å². The van der Waals surface area contributed by atoms with E-state index in [1.165, 1.54) is 30.5 Å². The van der Waals surface area contributed by atoms with Crippen LogP contribution in [0, 0.1) is 5.92 Å². The maximum absolute atomic E-state index is 5.94. The van der Waals surface area contributed by atoms with Gasteiger partial charge in [-0.15, -0.1) is 0 Å². The second-order valence-electron chi connectivity index (χ2n) is 6.58. The minimum absolute atomic E-state index is 0.388. The molecule has 1 N–H and O–H groups in total. The van der Waals surface area contributed by atoms with Gasteiger partial charge in [-0.05, 0) is 63.6 Å². The molecule has 1 aromatic heterocycles. The number of fused-ring (bicyclic) bond motifs is 3. The summed E-state index contributed by atoms with van der Waals surface area (Å²) in [6.07, 6.45) is 10.00. The molecule has 3 aliphatic rings. The highest BCUT2D eigenvalue weighted by molar-refractivity contribution is 5.23. The van der Waals surface area contributed by atoms with Crippen LogP contribution < -0.4 is 5.32 Å². The van der Waals surface area contributed by atoms with Crippen molar-refractivity contribution in [1.29, 1.82) is 0 Å². The predicted octanol–water partition coefficient (Wildman–Crippen LogP) is 1.84. The van der Waals surface area contributed by atoms with Gasteiger partial charge in [-0.2, -0.15) is 0 Å². The van der Waals surface area contributed by atoms with E-state index >= 15 is 0 Å². The van der Waals surface area contributed by atoms with Gasteiger partial charge in [0.2, 0.25) is 0 Å². The van der Waals surface area contributed by atoms with Crippen LogP contribution in [0.5, 0.6) is 0 Å². The Hall–Kier alpha value is -1.00. The highest BCUT2D eigenvalue weighted by Crippen LogP contribution is 2.43. The van der Waals surface area contributed by atoms with E-state index in [1.54, 1.807) is 0 Å². The van der Waals surface area contributed by atoms with Gasteiger partial charge in [-0.25, -0.2) is 9.97 Å². The molecule has 1 aromatic rings. The third-order valence-corrected chi connectivity index (χ3v) is 5.20. The standard InChI is InChI=1S/C16H23N3O/c1-17-8-10-2-4-14-11(6-10)9-18-16(19-14)13-7-12-3-5-15(13)20-12/h9-10,12-13,15,17H,2-8H2,1H3. The summed E-state index contributed by atoms with van der Waals surface area (Å²) in [5, 5.41) is 3.29. The summed E-state index contributed by atoms with van der Waals surface area (Å²) in [4.78, 5) is 9.57. The van der Waals surface area contributed by atoms with Crippen molar-refractivity contribution in [2.45, 2.75) is 56.7 Å². The Labute approximate surface area is 120 Å². The number of nitrogens with one attached hydrogen (secondary N) is 1. The molecule has 1 aliphatic carbocycles. The summed E-state index contributed by atoms with van der Waals surface area (Å²) in [5.74, 6) is 2.24. The average Bonchev–Trinajstić information content (AvgIpc) is 3.10. The second kappa shape index (κ2) is 5.08. The van der Waals surface area contributed by atoms with Crippen molar-refractivity contribution in [1.82, 2.24) is 15.3 Å². The van der Waals surface area contributed by atoms with E-state index in [9.17, 15) is 0 Å². The summed E-state index contributed by atoms with van der Waals surface area (Å²) in [7, 11) is 2.03. The monoisotopic (exact) mass is 273 g/mol. The fourth-order valence-corrected chi connectivity index (χ4v) is 4.15. The number of rotatable bonds is 3. The zero-order valence-electron chi connectivity index (χ0n) is 12.1. The first kappa shape index (κ1) is 12.7. The van der Waals surface area contributed by atoms with Crippen LogP contribution in [0.2, 0.25) is 0 Å². The maximum atomic E-state index is 5.94. The summed E-state index contributed by atoms with van der Waals surface area (Å²) in [6.45, 7) is 1.10. The predicted molar refractivity (Wildman–Crippen MR) is 76.7 cm³/mol. The normalized spacial score (nSPS) is 35.2. The molecule has 0 saturated carbocycles. The Balaban J connectivity index is 1.54. The van der Waals surface area contributed by atoms with Gasteiger partial charge < -0.3 is 10.1 Å². The molecule has 4 unspecified atom stereocenters. The first-order valence-electron chi connectivity index (χ1n) is 7.98. The van der Waals surface area contributed by atoms with E-state index in [4.69, 9.17) is 9.72 Å². The summed E-state index contributed by atoms with van der Waals surface area (Å²) in [6, 6.07) is 0. The smallest absolute Gasteiger partial charge is 0.134 e. The molecule has 108 valence electrons. The van der Waals surface area contributed by atoms with Gasteiger partial charge in [0.05, 0.1) is 12.2 Å². The van der Waals surface area contributed by atoms with Crippen LogP contribution in [0.3, 0.4) is 0 Å². The first-order chi connectivity index (χ1) is 9.83. The fraction of sp³-hybridized carbons (Fsp3) is 0.750. The van der Waals surface area contributed by atoms with Crippen LogP contribution in [0.4, 0.5) is 0 Å². The van der Waals surface area contributed by atoms with Gasteiger partial charge in [-0.3, -0.25) is 0 Å². The van der Waals surface area contributed by atoms with E-state index in [2.05, 4.69) is 16.5 Å². The van der Waals surface area contributed by atoms with Crippen LogP contribution in [0.25, 0.3) is 0 Å². The molecule has 2 fully saturated rings. The molecule has 4 atom stereocenters. The first-order valence-corrected chi connectivity index (χ1v) is 7.98. The van der Waals surface area contributed by atoms with Crippen molar-refractivity contribution in [2.24, 2.45) is 5.92 Å². The van der Waals surface area contributed by atoms with Gasteiger partial charge in [0.1, 0.15) is 5.82 Å². The van der Waals surface area contributed by atoms with Crippen molar-refractivity contribution in [2.75, 3.05) is 13.6 Å². The quantitative estimate of drug-likeness (QED) is 0.913. The van der Waals surface area contributed by atoms with Crippen molar-refractivity contribution < 1.29 is 4.74 Å². The largest absolute Gasteiger partial charge is 0.374 e. The summed E-state index contributed by atoms with van der Waals surface area (Å²) >= 11 is 0. The van der Waals surface area contributed by atoms with Crippen LogP contribution in [0.15, 0.2) is 6.20 Å². The lowest BCUT2D eigenvalue weighted by atomic mass is 9.86. The second-order valence-corrected chi connectivity index (χ2v) is 6.58. The minimum Gasteiger partial charge on any atom is -0.374 e. The van der Waals surface area contributed by atoms with E-state index < -0.39 is 0 Å². The zero-order chi connectivity index (χ0) is 13.5. The lowest BCUT2D eigenvalue weighted by Gasteiger charge is -2.25. The molecule has 3 heterocycles. The van der Waals surface area contributed by atoms with Gasteiger partial charge in [0.15, 0.2) is 0 Å². The van der Waals surface area contributed by atoms with Crippen molar-refractivity contribution in [3.8, 4) is 0 Å². The number of aryl methyl sites for hydroxylation is 1. The highest BCUT2D eigenvalue weighted by Gasteiger charge is 2.43. The molecule has 2 bridgehead atoms. The molecule has 2 aliphatic heterocycles. The Morgan fingerprint density at radius 3 is 3.05 bits per heavy atom. The van der Waals surface area contributed by atoms with Crippen molar-refractivity contribution in [3.05, 3.63) is 23.3 Å². The van der Waals surface area contributed by atoms with E-state index in [0.717, 1.165) is 37.5 Å². The molecule has 2 saturated heterocycles. The molecule has 0 aromatic carbocycles. The molecular formula is C16H23N3O. The third-order valence-electron chi connectivity index (χ3n) is 5.20. The Bertz CT molecular complexity index is 504. The van der Waals surface area contributed by atoms with Crippen LogP contribution in [0.1, 0.15) is 48.7 Å². The number of hydrogen-bond acceptors (Lipinski definition) is 4. The molecule has 4 heteroatoms. The molecule has 0 radical (unpaired) electrons. The van der Waals surface area contributed by atoms with Crippen molar-refractivity contribution >= 4 is 0 Å². The average molecular weight is 273 g/mol. The molecule has 4 nitrogen and oxygen atoms in total. The van der Waals surface area contributed by atoms with Crippen molar-refractivity contribution in [3.63, 3.8) is 0 Å². The fourth-order valence-electron chi connectivity index (χ4n) is 4.15. The summed E-state index contributed by atoms with van der Waals surface area (Å²) in [5.41, 5.74) is 2.66. The van der Waals surface area contributed by atoms with Crippen LogP contribution in [-0.4, -0.2) is 35.8 Å². The number of ether oxygens (including phenoxy) is 1. The molecule has 0 amide bonds. The van der Waals surface area contributed by atoms with Gasteiger partial charge in [-0.1, -0.05) is 0 Å². The minimum atomic E-state index is 0.388. The molecule has 0 spiro atoms. The number of hydrogen-bond donors (Lipinski definition) is 1. The third kappa shape index (κ3) is 2.15. The lowest BCUT2D eigenvalue weighted by Crippen LogP contribution is -2.26. The molecule has 4 rings (SSSR count). The molecule has 20 heavy (non-hydrogen) atoms. The highest BCUT2D eigenvalue weighted by atomic mass is 16.5. The summed E-state index contributed by atoms with van der Waals surface area (Å²) < 4.78 is 5.94. The number of nitrogens with zero attached hydrogens (tertiary/aromatic N) is 2. The Morgan fingerprint density at radius 1 is 1.35 bits per heavy atom. The SMILES string of the molecule is CNCC1CCc2nc(C3CC4CCC3O4)ncc2C1. The van der Waals surface area contributed by atoms with Gasteiger partial charge >= 0.3 is 0 Å². The van der Waals surface area contributed by atoms with Gasteiger partial charge in [0.25, 0.3) is 0 Å². The van der Waals surface area contributed by atoms with E-state index in [0.29, 0.717) is 18.1 Å².